The number of carbonyl (C=O) groups excluding carboxylic acids is 1. The number of aromatic hydroxyl groups is 1. The fraction of sp³-hybridized carbons (Fsp3) is 0.455. The van der Waals surface area contributed by atoms with E-state index >= 15 is 0 Å². The van der Waals surface area contributed by atoms with Crippen molar-refractivity contribution in [1.29, 1.82) is 0 Å². The van der Waals surface area contributed by atoms with Gasteiger partial charge in [0.05, 0.1) is 6.04 Å². The molecule has 1 N–H and O–H groups in total. The van der Waals surface area contributed by atoms with Gasteiger partial charge in [-0.1, -0.05) is 30.3 Å². The highest BCUT2D eigenvalue weighted by Crippen LogP contribution is 2.60. The van der Waals surface area contributed by atoms with E-state index in [0.717, 1.165) is 5.56 Å². The van der Waals surface area contributed by atoms with Gasteiger partial charge in [-0.3, -0.25) is 19.3 Å². The van der Waals surface area contributed by atoms with Gasteiger partial charge in [0.25, 0.3) is 5.91 Å². The minimum Gasteiger partial charge on any atom is -0.502 e. The second-order valence-electron chi connectivity index (χ2n) is 8.75. The van der Waals surface area contributed by atoms with E-state index < -0.39 is 34.5 Å². The molecule has 8 heteroatoms. The Hall–Kier alpha value is -2.90. The molecule has 1 amide bonds. The minimum atomic E-state index is -2.73. The molecule has 1 spiro atoms. The smallest absolute Gasteiger partial charge is 0.277 e. The van der Waals surface area contributed by atoms with Crippen molar-refractivity contribution in [2.75, 3.05) is 12.1 Å². The summed E-state index contributed by atoms with van der Waals surface area (Å²) in [6, 6.07) is 10.3. The van der Waals surface area contributed by atoms with Crippen molar-refractivity contribution < 1.29 is 18.7 Å². The van der Waals surface area contributed by atoms with E-state index in [1.165, 1.54) is 21.8 Å². The predicted molar refractivity (Wildman–Crippen MR) is 106 cm³/mol. The molecule has 2 aromatic rings. The molecule has 2 fully saturated rings. The molecule has 1 aliphatic carbocycles. The van der Waals surface area contributed by atoms with Crippen LogP contribution in [0.3, 0.4) is 0 Å². The Labute approximate surface area is 172 Å². The Bertz CT molecular complexity index is 1070. The Morgan fingerprint density at radius 1 is 1.07 bits per heavy atom. The third kappa shape index (κ3) is 2.58. The van der Waals surface area contributed by atoms with Crippen LogP contribution in [-0.4, -0.2) is 39.7 Å². The number of rotatable bonds is 1. The number of benzene rings is 1. The molecule has 1 saturated heterocycles. The highest BCUT2D eigenvalue weighted by Gasteiger charge is 2.59. The molecule has 30 heavy (non-hydrogen) atoms. The second kappa shape index (κ2) is 6.30. The normalized spacial score (nSPS) is 29.8. The molecule has 6 nitrogen and oxygen atoms in total. The number of piperidine rings is 1. The summed E-state index contributed by atoms with van der Waals surface area (Å²) >= 11 is 0. The van der Waals surface area contributed by atoms with Gasteiger partial charge in [-0.2, -0.15) is 0 Å². The summed E-state index contributed by atoms with van der Waals surface area (Å²) < 4.78 is 30.4. The number of pyridine rings is 1. The highest BCUT2D eigenvalue weighted by molar-refractivity contribution is 5.96. The lowest BCUT2D eigenvalue weighted by molar-refractivity contribution is -0.0236. The zero-order valence-corrected chi connectivity index (χ0v) is 16.6. The molecule has 158 valence electrons. The van der Waals surface area contributed by atoms with Crippen molar-refractivity contribution in [3.8, 4) is 5.75 Å². The maximum absolute atomic E-state index is 14.5. The lowest BCUT2D eigenvalue weighted by Crippen LogP contribution is -2.66. The Morgan fingerprint density at radius 3 is 2.47 bits per heavy atom. The summed E-state index contributed by atoms with van der Waals surface area (Å²) in [5.74, 6) is -3.80. The molecule has 3 heterocycles. The molecule has 3 atom stereocenters. The summed E-state index contributed by atoms with van der Waals surface area (Å²) in [7, 11) is 1.63. The monoisotopic (exact) mass is 415 g/mol. The van der Waals surface area contributed by atoms with Crippen LogP contribution in [0.15, 0.2) is 47.4 Å². The van der Waals surface area contributed by atoms with Crippen molar-refractivity contribution in [3.63, 3.8) is 0 Å². The molecule has 1 aromatic heterocycles. The minimum absolute atomic E-state index is 0.121. The number of hydrogen-bond acceptors (Lipinski definition) is 4. The maximum Gasteiger partial charge on any atom is 0.277 e. The first-order chi connectivity index (χ1) is 14.2. The lowest BCUT2D eigenvalue weighted by Gasteiger charge is -2.57. The van der Waals surface area contributed by atoms with E-state index in [2.05, 4.69) is 0 Å². The van der Waals surface area contributed by atoms with Crippen LogP contribution in [0.4, 0.5) is 8.78 Å². The van der Waals surface area contributed by atoms with Gasteiger partial charge < -0.3 is 10.0 Å². The number of hydrogen-bond donors (Lipinski definition) is 1. The van der Waals surface area contributed by atoms with Gasteiger partial charge in [0.2, 0.25) is 11.4 Å². The topological polar surface area (TPSA) is 65.8 Å². The summed E-state index contributed by atoms with van der Waals surface area (Å²) in [5, 5.41) is 12.3. The number of amides is 1. The first kappa shape index (κ1) is 19.1. The standard InChI is InChI=1S/C22H23F2N3O3/c1-25-16-7-9-21(10-11-22(23,24)13-21)19(14-5-3-2-4-6-14)27(16)26-12-8-15(28)18(29)17(26)20(25)30/h2-6,8,12,16,19,29H,7,9-11,13H2,1H3. The number of alkyl halides is 2. The average Bonchev–Trinajstić information content (AvgIpc) is 3.03. The SMILES string of the molecule is CN1C(=O)c2c(O)c(=O)ccn2N2C1CCC1(CCC(F)(F)C1)C2c1ccccc1. The number of halogens is 2. The first-order valence-corrected chi connectivity index (χ1v) is 10.2. The van der Waals surface area contributed by atoms with Gasteiger partial charge in [0, 0.05) is 37.6 Å². The van der Waals surface area contributed by atoms with Crippen LogP contribution >= 0.6 is 0 Å². The summed E-state index contributed by atoms with van der Waals surface area (Å²) in [6.07, 6.45) is 2.21. The van der Waals surface area contributed by atoms with Crippen molar-refractivity contribution in [3.05, 3.63) is 64.1 Å². The summed E-state index contributed by atoms with van der Waals surface area (Å²) in [6.45, 7) is 0. The molecule has 1 saturated carbocycles. The third-order valence-corrected chi connectivity index (χ3v) is 7.04. The number of fused-ring (bicyclic) bond motifs is 3. The van der Waals surface area contributed by atoms with Crippen LogP contribution in [0.1, 0.15) is 54.2 Å². The van der Waals surface area contributed by atoms with Gasteiger partial charge in [-0.05, 0) is 24.8 Å². The molecular weight excluding hydrogens is 392 g/mol. The predicted octanol–water partition coefficient (Wildman–Crippen LogP) is 3.24. The molecular formula is C22H23F2N3O3. The third-order valence-electron chi connectivity index (χ3n) is 7.04. The Morgan fingerprint density at radius 2 is 1.80 bits per heavy atom. The van der Waals surface area contributed by atoms with E-state index in [-0.39, 0.29) is 24.7 Å². The van der Waals surface area contributed by atoms with Crippen LogP contribution < -0.4 is 10.4 Å². The van der Waals surface area contributed by atoms with Crippen molar-refractivity contribution >= 4 is 5.91 Å². The van der Waals surface area contributed by atoms with Crippen LogP contribution in [0.25, 0.3) is 0 Å². The zero-order chi connectivity index (χ0) is 21.3. The van der Waals surface area contributed by atoms with Gasteiger partial charge in [0.1, 0.15) is 6.17 Å². The molecule has 5 rings (SSSR count). The fourth-order valence-corrected chi connectivity index (χ4v) is 5.70. The lowest BCUT2D eigenvalue weighted by atomic mass is 9.68. The van der Waals surface area contributed by atoms with Crippen molar-refractivity contribution in [2.45, 2.75) is 50.2 Å². The van der Waals surface area contributed by atoms with E-state index in [9.17, 15) is 23.5 Å². The number of aromatic nitrogens is 1. The van der Waals surface area contributed by atoms with E-state index in [1.807, 2.05) is 35.3 Å². The van der Waals surface area contributed by atoms with Crippen molar-refractivity contribution in [2.24, 2.45) is 5.41 Å². The van der Waals surface area contributed by atoms with Crippen LogP contribution in [0.2, 0.25) is 0 Å². The largest absolute Gasteiger partial charge is 0.502 e. The number of carbonyl (C=O) groups is 1. The highest BCUT2D eigenvalue weighted by atomic mass is 19.3. The quantitative estimate of drug-likeness (QED) is 0.777. The fourth-order valence-electron chi connectivity index (χ4n) is 5.70. The van der Waals surface area contributed by atoms with E-state index in [4.69, 9.17) is 0 Å². The van der Waals surface area contributed by atoms with E-state index in [0.29, 0.717) is 19.3 Å². The summed E-state index contributed by atoms with van der Waals surface area (Å²) in [5.41, 5.74) is -0.550. The van der Waals surface area contributed by atoms with Gasteiger partial charge in [-0.15, -0.1) is 0 Å². The van der Waals surface area contributed by atoms with Crippen LogP contribution in [-0.2, 0) is 0 Å². The number of nitrogens with zero attached hydrogens (tertiary/aromatic N) is 3. The molecule has 3 aliphatic rings. The molecule has 0 bridgehead atoms. The molecule has 0 radical (unpaired) electrons. The van der Waals surface area contributed by atoms with Gasteiger partial charge in [0.15, 0.2) is 11.4 Å². The molecule has 1 aromatic carbocycles. The summed E-state index contributed by atoms with van der Waals surface area (Å²) in [4.78, 5) is 26.5. The van der Waals surface area contributed by atoms with E-state index in [1.54, 1.807) is 7.05 Å². The van der Waals surface area contributed by atoms with Crippen LogP contribution in [0, 0.1) is 5.41 Å². The second-order valence-corrected chi connectivity index (χ2v) is 8.75. The Kier molecular flexibility index (Phi) is 4.01. The molecule has 3 unspecified atom stereocenters. The Balaban J connectivity index is 1.75. The van der Waals surface area contributed by atoms with Crippen molar-refractivity contribution in [1.82, 2.24) is 9.58 Å². The molecule has 2 aliphatic heterocycles. The maximum atomic E-state index is 14.5. The van der Waals surface area contributed by atoms with Gasteiger partial charge >= 0.3 is 0 Å². The van der Waals surface area contributed by atoms with Gasteiger partial charge in [-0.25, -0.2) is 8.78 Å². The first-order valence-electron chi connectivity index (χ1n) is 10.2. The van der Waals surface area contributed by atoms with Crippen LogP contribution in [0.5, 0.6) is 5.75 Å². The average molecular weight is 415 g/mol. The zero-order valence-electron chi connectivity index (χ0n) is 16.6.